The van der Waals surface area contributed by atoms with Gasteiger partial charge in [-0.1, -0.05) is 6.92 Å². The molecule has 0 saturated carbocycles. The van der Waals surface area contributed by atoms with Crippen LogP contribution in [0.25, 0.3) is 0 Å². The number of carbonyl (C=O) groups is 1. The topological polar surface area (TPSA) is 35.6 Å². The first-order chi connectivity index (χ1) is 8.04. The molecule has 1 N–H and O–H groups in total. The van der Waals surface area contributed by atoms with Gasteiger partial charge in [-0.25, -0.2) is 0 Å². The highest BCUT2D eigenvalue weighted by Gasteiger charge is 2.24. The first kappa shape index (κ1) is 14.5. The van der Waals surface area contributed by atoms with Crippen LogP contribution in [0.5, 0.6) is 0 Å². The van der Waals surface area contributed by atoms with E-state index < -0.39 is 0 Å². The van der Waals surface area contributed by atoms with Crippen LogP contribution in [0.3, 0.4) is 0 Å². The van der Waals surface area contributed by atoms with Crippen LogP contribution in [0.4, 0.5) is 0 Å². The van der Waals surface area contributed by atoms with E-state index in [2.05, 4.69) is 38.2 Å². The van der Waals surface area contributed by atoms with Crippen molar-refractivity contribution >= 4 is 5.91 Å². The summed E-state index contributed by atoms with van der Waals surface area (Å²) in [4.78, 5) is 16.3. The highest BCUT2D eigenvalue weighted by molar-refractivity contribution is 5.78. The molecule has 2 atom stereocenters. The first-order valence-electron chi connectivity index (χ1n) is 6.72. The maximum atomic E-state index is 12.0. The van der Waals surface area contributed by atoms with Gasteiger partial charge < -0.3 is 15.1 Å². The highest BCUT2D eigenvalue weighted by atomic mass is 16.2. The summed E-state index contributed by atoms with van der Waals surface area (Å²) in [5.74, 6) is 0.247. The molecule has 1 saturated heterocycles. The van der Waals surface area contributed by atoms with Crippen LogP contribution in [-0.4, -0.2) is 61.5 Å². The van der Waals surface area contributed by atoms with E-state index in [1.165, 1.54) is 6.42 Å². The zero-order valence-corrected chi connectivity index (χ0v) is 11.7. The Balaban J connectivity index is 2.36. The summed E-state index contributed by atoms with van der Waals surface area (Å²) in [5, 5.41) is 3.27. The van der Waals surface area contributed by atoms with Crippen LogP contribution in [0.15, 0.2) is 0 Å². The number of carbonyl (C=O) groups excluding carboxylic acids is 1. The standard InChI is InChI=1S/C13H27N3O/c1-5-11(2)14-9-13(17)16-8-6-7-12(10-16)15(3)4/h11-12,14H,5-10H2,1-4H3. The number of hydrogen-bond donors (Lipinski definition) is 1. The maximum Gasteiger partial charge on any atom is 0.236 e. The Morgan fingerprint density at radius 1 is 1.53 bits per heavy atom. The highest BCUT2D eigenvalue weighted by Crippen LogP contribution is 2.13. The third-order valence-corrected chi connectivity index (χ3v) is 3.69. The summed E-state index contributed by atoms with van der Waals surface area (Å²) in [6, 6.07) is 0.949. The third-order valence-electron chi connectivity index (χ3n) is 3.69. The number of rotatable bonds is 5. The number of nitrogens with zero attached hydrogens (tertiary/aromatic N) is 2. The van der Waals surface area contributed by atoms with Crippen LogP contribution >= 0.6 is 0 Å². The Labute approximate surface area is 105 Å². The second kappa shape index (κ2) is 6.97. The van der Waals surface area contributed by atoms with Gasteiger partial charge in [-0.2, -0.15) is 0 Å². The van der Waals surface area contributed by atoms with Crippen molar-refractivity contribution in [3.63, 3.8) is 0 Å². The van der Waals surface area contributed by atoms with Crippen LogP contribution in [0.2, 0.25) is 0 Å². The van der Waals surface area contributed by atoms with Gasteiger partial charge in [0, 0.05) is 25.2 Å². The Bertz CT molecular complexity index is 243. The number of nitrogens with one attached hydrogen (secondary N) is 1. The third kappa shape index (κ3) is 4.64. The quantitative estimate of drug-likeness (QED) is 0.778. The molecule has 1 fully saturated rings. The van der Waals surface area contributed by atoms with Gasteiger partial charge in [-0.05, 0) is 40.3 Å². The average molecular weight is 241 g/mol. The van der Waals surface area contributed by atoms with Crippen molar-refractivity contribution < 1.29 is 4.79 Å². The van der Waals surface area contributed by atoms with Crippen LogP contribution in [0, 0.1) is 0 Å². The molecule has 1 heterocycles. The minimum Gasteiger partial charge on any atom is -0.340 e. The lowest BCUT2D eigenvalue weighted by Crippen LogP contribution is -2.50. The molecule has 1 amide bonds. The van der Waals surface area contributed by atoms with Crippen molar-refractivity contribution in [2.45, 2.75) is 45.2 Å². The molecule has 4 nitrogen and oxygen atoms in total. The largest absolute Gasteiger partial charge is 0.340 e. The summed E-state index contributed by atoms with van der Waals surface area (Å²) in [6.07, 6.45) is 3.39. The molecule has 0 aromatic heterocycles. The van der Waals surface area contributed by atoms with Crippen LogP contribution in [-0.2, 0) is 4.79 Å². The summed E-state index contributed by atoms with van der Waals surface area (Å²) < 4.78 is 0. The van der Waals surface area contributed by atoms with E-state index in [4.69, 9.17) is 0 Å². The second-order valence-corrected chi connectivity index (χ2v) is 5.29. The number of likely N-dealkylation sites (N-methyl/N-ethyl adjacent to an activating group) is 1. The molecule has 0 aromatic carbocycles. The van der Waals surface area contributed by atoms with E-state index in [0.29, 0.717) is 18.6 Å². The van der Waals surface area contributed by atoms with Gasteiger partial charge in [0.05, 0.1) is 6.54 Å². The molecule has 1 aliphatic heterocycles. The molecule has 17 heavy (non-hydrogen) atoms. The number of piperidine rings is 1. The molecule has 1 aliphatic rings. The van der Waals surface area contributed by atoms with E-state index in [1.807, 2.05) is 4.90 Å². The SMILES string of the molecule is CCC(C)NCC(=O)N1CCCC(N(C)C)C1. The Morgan fingerprint density at radius 3 is 2.82 bits per heavy atom. The minimum absolute atomic E-state index is 0.247. The van der Waals surface area contributed by atoms with E-state index >= 15 is 0 Å². The second-order valence-electron chi connectivity index (χ2n) is 5.29. The lowest BCUT2D eigenvalue weighted by Gasteiger charge is -2.36. The van der Waals surface area contributed by atoms with Crippen LogP contribution in [0.1, 0.15) is 33.1 Å². The minimum atomic E-state index is 0.247. The smallest absolute Gasteiger partial charge is 0.236 e. The van der Waals surface area contributed by atoms with Gasteiger partial charge in [0.1, 0.15) is 0 Å². The Kier molecular flexibility index (Phi) is 5.92. The zero-order valence-electron chi connectivity index (χ0n) is 11.7. The summed E-state index contributed by atoms with van der Waals surface area (Å²) in [5.41, 5.74) is 0. The summed E-state index contributed by atoms with van der Waals surface area (Å²) in [6.45, 7) is 6.53. The van der Waals surface area contributed by atoms with Gasteiger partial charge in [-0.15, -0.1) is 0 Å². The van der Waals surface area contributed by atoms with E-state index in [1.54, 1.807) is 0 Å². The molecule has 0 spiro atoms. The monoisotopic (exact) mass is 241 g/mol. The lowest BCUT2D eigenvalue weighted by molar-refractivity contribution is -0.132. The van der Waals surface area contributed by atoms with Gasteiger partial charge in [0.15, 0.2) is 0 Å². The van der Waals surface area contributed by atoms with Crippen molar-refractivity contribution in [3.8, 4) is 0 Å². The van der Waals surface area contributed by atoms with Gasteiger partial charge in [0.25, 0.3) is 0 Å². The fourth-order valence-corrected chi connectivity index (χ4v) is 2.12. The van der Waals surface area contributed by atoms with E-state index in [0.717, 1.165) is 25.9 Å². The van der Waals surface area contributed by atoms with E-state index in [-0.39, 0.29) is 5.91 Å². The molecule has 1 rings (SSSR count). The fourth-order valence-electron chi connectivity index (χ4n) is 2.12. The summed E-state index contributed by atoms with van der Waals surface area (Å²) >= 11 is 0. The number of amides is 1. The fraction of sp³-hybridized carbons (Fsp3) is 0.923. The Morgan fingerprint density at radius 2 is 2.24 bits per heavy atom. The van der Waals surface area contributed by atoms with Crippen molar-refractivity contribution in [2.75, 3.05) is 33.7 Å². The molecule has 0 aliphatic carbocycles. The average Bonchev–Trinajstić information content (AvgIpc) is 2.35. The Hall–Kier alpha value is -0.610. The van der Waals surface area contributed by atoms with Crippen molar-refractivity contribution in [1.29, 1.82) is 0 Å². The first-order valence-corrected chi connectivity index (χ1v) is 6.72. The number of likely N-dealkylation sites (tertiary alicyclic amines) is 1. The van der Waals surface area contributed by atoms with Crippen molar-refractivity contribution in [1.82, 2.24) is 15.1 Å². The predicted molar refractivity (Wildman–Crippen MR) is 71.0 cm³/mol. The van der Waals surface area contributed by atoms with Crippen LogP contribution < -0.4 is 5.32 Å². The lowest BCUT2D eigenvalue weighted by atomic mass is 10.0. The molecule has 0 radical (unpaired) electrons. The molecule has 0 bridgehead atoms. The molecular formula is C13H27N3O. The van der Waals surface area contributed by atoms with Gasteiger partial charge in [0.2, 0.25) is 5.91 Å². The number of hydrogen-bond acceptors (Lipinski definition) is 3. The summed E-state index contributed by atoms with van der Waals surface area (Å²) in [7, 11) is 4.19. The van der Waals surface area contributed by atoms with Crippen molar-refractivity contribution in [3.05, 3.63) is 0 Å². The normalized spacial score (nSPS) is 22.9. The maximum absolute atomic E-state index is 12.0. The molecule has 100 valence electrons. The molecule has 2 unspecified atom stereocenters. The zero-order chi connectivity index (χ0) is 12.8. The van der Waals surface area contributed by atoms with E-state index in [9.17, 15) is 4.79 Å². The van der Waals surface area contributed by atoms with Gasteiger partial charge in [-0.3, -0.25) is 4.79 Å². The van der Waals surface area contributed by atoms with Gasteiger partial charge >= 0.3 is 0 Å². The molecule has 0 aromatic rings. The molecule has 4 heteroatoms. The van der Waals surface area contributed by atoms with Crippen molar-refractivity contribution in [2.24, 2.45) is 0 Å². The molecular weight excluding hydrogens is 214 g/mol. The predicted octanol–water partition coefficient (Wildman–Crippen LogP) is 0.927.